The molecule has 0 aliphatic heterocycles. The second-order valence-electron chi connectivity index (χ2n) is 2.10. The molecule has 0 saturated heterocycles. The Morgan fingerprint density at radius 2 is 0.667 bits per heavy atom. The minimum atomic E-state index is -2.92. The van der Waals surface area contributed by atoms with Crippen molar-refractivity contribution in [2.75, 3.05) is 0 Å². The Kier molecular flexibility index (Phi) is 36.4. The van der Waals surface area contributed by atoms with E-state index in [0.29, 0.717) is 0 Å². The Hall–Kier alpha value is -2.17. The van der Waals surface area contributed by atoms with Gasteiger partial charge in [-0.25, -0.2) is 24.0 Å². The molecule has 15 nitrogen and oxygen atoms in total. The van der Waals surface area contributed by atoms with Crippen LogP contribution < -0.4 is 49.7 Å². The first kappa shape index (κ1) is 37.8. The third-order valence-electron chi connectivity index (χ3n) is 0.541. The maximum Gasteiger partial charge on any atom is 3.00 e. The van der Waals surface area contributed by atoms with Crippen LogP contribution in [0, 0.1) is 0 Å². The van der Waals surface area contributed by atoms with E-state index in [4.69, 9.17) is 74.5 Å². The molecule has 0 saturated carbocycles. The molecule has 0 aliphatic rings. The Morgan fingerprint density at radius 3 is 0.667 bits per heavy atom. The number of carboxylic acids is 6. The molecule has 24 heavy (non-hydrogen) atoms. The van der Waals surface area contributed by atoms with Crippen LogP contribution in [-0.2, 0) is 28.8 Å². The van der Waals surface area contributed by atoms with Crippen LogP contribution in [-0.4, -0.2) is 77.1 Å². The molecule has 0 heterocycles. The molecule has 0 atom stereocenters. The van der Waals surface area contributed by atoms with Gasteiger partial charge in [0.2, 0.25) is 0 Å². The van der Waals surface area contributed by atoms with Crippen LogP contribution in [0.25, 0.3) is 0 Å². The maximum atomic E-state index is 9.10. The van der Waals surface area contributed by atoms with Gasteiger partial charge in [0.25, 0.3) is 0 Å². The molecule has 0 rings (SSSR count). The van der Waals surface area contributed by atoms with E-state index in [-0.39, 0.29) is 38.0 Å². The van der Waals surface area contributed by atoms with Crippen LogP contribution in [0.4, 0.5) is 0 Å². The quantitative estimate of drug-likeness (QED) is 0.197. The molecule has 0 aromatic rings. The molecule has 0 aromatic carbocycles. The van der Waals surface area contributed by atoms with E-state index >= 15 is 0 Å². The Bertz CT molecular complexity index is 324. The topological polar surface area (TPSA) is 296 Å². The van der Waals surface area contributed by atoms with Crippen molar-refractivity contribution in [3.8, 4) is 0 Å². The van der Waals surface area contributed by atoms with Gasteiger partial charge in [-0.1, -0.05) is 0 Å². The molecule has 5 N–H and O–H groups in total. The largest absolute Gasteiger partial charge is 3.00 e. The number of carbonyl (C=O) groups is 6. The molecule has 0 aromatic heterocycles. The number of rotatable bonds is 0. The van der Waals surface area contributed by atoms with Crippen LogP contribution in [0.1, 0.15) is 0 Å². The predicted octanol–water partition coefficient (Wildman–Crippen LogP) is -11.2. The molecule has 0 fully saturated rings. The summed E-state index contributed by atoms with van der Waals surface area (Å²) in [6.45, 7) is 0. The van der Waals surface area contributed by atoms with Gasteiger partial charge < -0.3 is 50.5 Å². The smallest absolute Gasteiger partial charge is 0.907 e. The van der Waals surface area contributed by atoms with Crippen LogP contribution in [0.2, 0.25) is 0 Å². The van der Waals surface area contributed by atoms with Crippen molar-refractivity contribution in [2.45, 2.75) is 0 Å². The first-order valence-corrected chi connectivity index (χ1v) is 4.00. The van der Waals surface area contributed by atoms with Crippen molar-refractivity contribution in [1.29, 1.82) is 0 Å². The third kappa shape index (κ3) is 72.8. The number of hydrogen-bond donors (Lipinski definition) is 5. The summed E-state index contributed by atoms with van der Waals surface area (Å²) in [7, 11) is -2.92. The SMILES string of the molecule is O=C(O)C(=O)O.O=C(O)C(=O)O.O=C([O-])C(=O)O.[B+3].[Na+].[O-]B([O-])[O-]. The average molecular weight is 362 g/mol. The summed E-state index contributed by atoms with van der Waals surface area (Å²) in [5.41, 5.74) is 0. The summed E-state index contributed by atoms with van der Waals surface area (Å²) in [4.78, 5) is 54.4. The fourth-order valence-electron chi connectivity index (χ4n) is 0. The summed E-state index contributed by atoms with van der Waals surface area (Å²) in [6, 6.07) is 0. The van der Waals surface area contributed by atoms with Gasteiger partial charge in [-0.05, 0) is 0 Å². The van der Waals surface area contributed by atoms with Gasteiger partial charge in [-0.3, -0.25) is 7.32 Å². The summed E-state index contributed by atoms with van der Waals surface area (Å²) < 4.78 is 0. The van der Waals surface area contributed by atoms with Gasteiger partial charge in [0.15, 0.2) is 5.97 Å². The second-order valence-corrected chi connectivity index (χ2v) is 2.10. The molecule has 0 aliphatic carbocycles. The van der Waals surface area contributed by atoms with Crippen LogP contribution in [0.5, 0.6) is 0 Å². The molecule has 0 unspecified atom stereocenters. The normalized spacial score (nSPS) is 6.62. The molecule has 0 radical (unpaired) electrons. The molecule has 0 spiro atoms. The molecule has 0 amide bonds. The van der Waals surface area contributed by atoms with E-state index in [1.54, 1.807) is 0 Å². The summed E-state index contributed by atoms with van der Waals surface area (Å²) in [5.74, 6) is -11.3. The first-order chi connectivity index (χ1) is 9.66. The molecular formula is C6H5B2NaO15. The van der Waals surface area contributed by atoms with E-state index in [9.17, 15) is 0 Å². The van der Waals surface area contributed by atoms with E-state index in [1.807, 2.05) is 0 Å². The Balaban J connectivity index is -0.0000000442. The van der Waals surface area contributed by atoms with Gasteiger partial charge in [-0.15, -0.1) is 0 Å². The summed E-state index contributed by atoms with van der Waals surface area (Å²) in [6.07, 6.45) is 0. The van der Waals surface area contributed by atoms with E-state index < -0.39 is 43.1 Å². The Morgan fingerprint density at radius 1 is 0.583 bits per heavy atom. The number of hydrogen-bond acceptors (Lipinski definition) is 10. The molecule has 126 valence electrons. The third-order valence-corrected chi connectivity index (χ3v) is 0.541. The van der Waals surface area contributed by atoms with E-state index in [2.05, 4.69) is 0 Å². The van der Waals surface area contributed by atoms with E-state index in [0.717, 1.165) is 0 Å². The number of carbonyl (C=O) groups excluding carboxylic acids is 1. The molecule has 18 heteroatoms. The van der Waals surface area contributed by atoms with Gasteiger partial charge in [-0.2, -0.15) is 0 Å². The van der Waals surface area contributed by atoms with Crippen molar-refractivity contribution in [3.63, 3.8) is 0 Å². The van der Waals surface area contributed by atoms with E-state index in [1.165, 1.54) is 0 Å². The van der Waals surface area contributed by atoms with Crippen LogP contribution in [0.15, 0.2) is 0 Å². The van der Waals surface area contributed by atoms with Crippen molar-refractivity contribution >= 4 is 51.6 Å². The number of carboxylic acid groups (broad SMARTS) is 6. The van der Waals surface area contributed by atoms with Crippen LogP contribution >= 0.6 is 0 Å². The summed E-state index contributed by atoms with van der Waals surface area (Å²) in [5, 5.41) is 71.1. The number of aliphatic carboxylic acids is 6. The summed E-state index contributed by atoms with van der Waals surface area (Å²) >= 11 is 0. The van der Waals surface area contributed by atoms with Crippen molar-refractivity contribution in [1.82, 2.24) is 0 Å². The zero-order chi connectivity index (χ0) is 19.0. The van der Waals surface area contributed by atoms with Gasteiger partial charge in [0.05, 0.1) is 0 Å². The second kappa shape index (κ2) is 23.1. The van der Waals surface area contributed by atoms with Gasteiger partial charge in [0, 0.05) is 0 Å². The molecule has 0 bridgehead atoms. The maximum absolute atomic E-state index is 9.10. The minimum absolute atomic E-state index is 0. The van der Waals surface area contributed by atoms with Gasteiger partial charge in [0.1, 0.15) is 0 Å². The minimum Gasteiger partial charge on any atom is -0.907 e. The fourth-order valence-corrected chi connectivity index (χ4v) is 0. The van der Waals surface area contributed by atoms with Crippen LogP contribution in [0.3, 0.4) is 0 Å². The van der Waals surface area contributed by atoms with Crippen molar-refractivity contribution in [2.24, 2.45) is 0 Å². The zero-order valence-corrected chi connectivity index (χ0v) is 13.5. The van der Waals surface area contributed by atoms with Gasteiger partial charge >= 0.3 is 67.8 Å². The van der Waals surface area contributed by atoms with Crippen molar-refractivity contribution < 1.29 is 104 Å². The monoisotopic (exact) mass is 362 g/mol. The first-order valence-electron chi connectivity index (χ1n) is 4.00. The van der Waals surface area contributed by atoms with Crippen molar-refractivity contribution in [3.05, 3.63) is 0 Å². The standard InChI is InChI=1S/3C2H2O4.BO3.B.Na/c3*3-1(4)2(5)6;2-1(3)4;;/h3*(H,3,4)(H,5,6);;;/q;;;-3;+3;+1/p-1. The molecular weight excluding hydrogens is 357 g/mol. The Labute approximate surface area is 155 Å². The predicted molar refractivity (Wildman–Crippen MR) is 54.7 cm³/mol. The average Bonchev–Trinajstić information content (AvgIpc) is 2.29. The fraction of sp³-hybridized carbons (Fsp3) is 0. The zero-order valence-electron chi connectivity index (χ0n) is 11.5.